The molecule has 3 aromatic rings. The summed E-state index contributed by atoms with van der Waals surface area (Å²) in [6.45, 7) is 8.40. The van der Waals surface area contributed by atoms with Gasteiger partial charge in [-0.05, 0) is 57.0 Å². The number of aryl methyl sites for hydroxylation is 2. The molecule has 1 aliphatic rings. The predicted octanol–water partition coefficient (Wildman–Crippen LogP) is 5.73. The van der Waals surface area contributed by atoms with Gasteiger partial charge < -0.3 is 14.6 Å². The number of benzene rings is 3. The summed E-state index contributed by atoms with van der Waals surface area (Å²) in [5, 5.41) is 11.4. The lowest BCUT2D eigenvalue weighted by atomic mass is 9.93. The molecule has 1 fully saturated rings. The number of ketones is 1. The van der Waals surface area contributed by atoms with E-state index in [2.05, 4.69) is 0 Å². The van der Waals surface area contributed by atoms with Crippen molar-refractivity contribution in [3.05, 3.63) is 94.6 Å². The molecular weight excluding hydrogens is 442 g/mol. The Morgan fingerprint density at radius 3 is 2.26 bits per heavy atom. The van der Waals surface area contributed by atoms with Crippen molar-refractivity contribution in [1.29, 1.82) is 0 Å². The molecule has 1 atom stereocenters. The summed E-state index contributed by atoms with van der Waals surface area (Å²) in [6.07, 6.45) is 0. The van der Waals surface area contributed by atoms with Gasteiger partial charge in [-0.1, -0.05) is 48.0 Å². The number of aliphatic hydroxyl groups is 1. The Hall–Kier alpha value is -4.06. The van der Waals surface area contributed by atoms with E-state index in [1.165, 1.54) is 4.90 Å². The molecule has 0 aliphatic carbocycles. The van der Waals surface area contributed by atoms with Crippen molar-refractivity contribution in [3.8, 4) is 11.5 Å². The van der Waals surface area contributed by atoms with Crippen molar-refractivity contribution in [1.82, 2.24) is 0 Å². The van der Waals surface area contributed by atoms with Crippen LogP contribution in [-0.2, 0) is 9.59 Å². The molecule has 0 spiro atoms. The van der Waals surface area contributed by atoms with E-state index in [0.29, 0.717) is 41.5 Å². The number of hydrogen-bond donors (Lipinski definition) is 1. The maximum absolute atomic E-state index is 13.4. The molecule has 1 aliphatic heterocycles. The highest BCUT2D eigenvalue weighted by Crippen LogP contribution is 2.44. The third-order valence-corrected chi connectivity index (χ3v) is 6.01. The molecule has 3 aromatic carbocycles. The molecule has 0 aromatic heterocycles. The van der Waals surface area contributed by atoms with E-state index >= 15 is 0 Å². The van der Waals surface area contributed by atoms with Crippen LogP contribution in [0.4, 0.5) is 5.69 Å². The van der Waals surface area contributed by atoms with Crippen LogP contribution in [0.5, 0.6) is 11.5 Å². The first-order valence-corrected chi connectivity index (χ1v) is 11.7. The molecule has 0 bridgehead atoms. The monoisotopic (exact) mass is 471 g/mol. The van der Waals surface area contributed by atoms with Gasteiger partial charge >= 0.3 is 0 Å². The van der Waals surface area contributed by atoms with E-state index in [9.17, 15) is 14.7 Å². The van der Waals surface area contributed by atoms with E-state index < -0.39 is 17.7 Å². The Morgan fingerprint density at radius 2 is 1.57 bits per heavy atom. The van der Waals surface area contributed by atoms with Crippen LogP contribution in [-0.4, -0.2) is 30.0 Å². The number of carbonyl (C=O) groups excluding carboxylic acids is 2. The third-order valence-electron chi connectivity index (χ3n) is 6.01. The zero-order chi connectivity index (χ0) is 25.1. The second-order valence-electron chi connectivity index (χ2n) is 8.40. The normalized spacial score (nSPS) is 17.0. The van der Waals surface area contributed by atoms with E-state index in [0.717, 1.165) is 11.1 Å². The number of amides is 1. The van der Waals surface area contributed by atoms with E-state index in [4.69, 9.17) is 9.47 Å². The third kappa shape index (κ3) is 4.52. The van der Waals surface area contributed by atoms with Gasteiger partial charge in [0.1, 0.15) is 5.76 Å². The first-order valence-electron chi connectivity index (χ1n) is 11.7. The van der Waals surface area contributed by atoms with Crippen LogP contribution in [0, 0.1) is 13.8 Å². The van der Waals surface area contributed by atoms with Gasteiger partial charge in [0.2, 0.25) is 0 Å². The Bertz CT molecular complexity index is 1300. The molecule has 4 rings (SSSR count). The first kappa shape index (κ1) is 24.1. The molecule has 1 unspecified atom stereocenters. The lowest BCUT2D eigenvalue weighted by Crippen LogP contribution is -2.29. The van der Waals surface area contributed by atoms with E-state index in [1.807, 2.05) is 76.2 Å². The lowest BCUT2D eigenvalue weighted by Gasteiger charge is -2.26. The molecular formula is C29H29NO5. The van der Waals surface area contributed by atoms with E-state index in [1.54, 1.807) is 18.2 Å². The molecule has 1 saturated heterocycles. The highest BCUT2D eigenvalue weighted by Gasteiger charge is 2.47. The SMILES string of the molecule is CCOc1ccc(N2C(=O)C(=O)/C(=C(/O)c3cc(C)ccc3C)C2c2ccccc2)cc1OCC. The van der Waals surface area contributed by atoms with Gasteiger partial charge in [-0.3, -0.25) is 14.5 Å². The quantitative estimate of drug-likeness (QED) is 0.271. The predicted molar refractivity (Wildman–Crippen MR) is 136 cm³/mol. The average Bonchev–Trinajstić information content (AvgIpc) is 3.12. The van der Waals surface area contributed by atoms with Crippen molar-refractivity contribution in [2.45, 2.75) is 33.7 Å². The maximum Gasteiger partial charge on any atom is 0.300 e. The van der Waals surface area contributed by atoms with Crippen molar-refractivity contribution >= 4 is 23.1 Å². The number of aliphatic hydroxyl groups excluding tert-OH is 1. The molecule has 0 saturated carbocycles. The van der Waals surface area contributed by atoms with Crippen molar-refractivity contribution in [3.63, 3.8) is 0 Å². The van der Waals surface area contributed by atoms with E-state index in [-0.39, 0.29) is 11.3 Å². The topological polar surface area (TPSA) is 76.1 Å². The summed E-state index contributed by atoms with van der Waals surface area (Å²) in [5.74, 6) is -0.588. The van der Waals surface area contributed by atoms with Gasteiger partial charge in [-0.15, -0.1) is 0 Å². The Morgan fingerprint density at radius 1 is 0.886 bits per heavy atom. The standard InChI is InChI=1S/C29H29NO5/c1-5-34-23-15-14-21(17-24(23)35-6-2)30-26(20-10-8-7-9-11-20)25(28(32)29(30)33)27(31)22-16-18(3)12-13-19(22)4/h7-17,26,31H,5-6H2,1-4H3/b27-25+. The average molecular weight is 472 g/mol. The second kappa shape index (κ2) is 10.1. The minimum Gasteiger partial charge on any atom is -0.507 e. The summed E-state index contributed by atoms with van der Waals surface area (Å²) in [5.41, 5.74) is 3.53. The zero-order valence-electron chi connectivity index (χ0n) is 20.4. The van der Waals surface area contributed by atoms with Gasteiger partial charge in [0.05, 0.1) is 24.8 Å². The molecule has 0 radical (unpaired) electrons. The van der Waals surface area contributed by atoms with Gasteiger partial charge in [0.25, 0.3) is 11.7 Å². The largest absolute Gasteiger partial charge is 0.507 e. The van der Waals surface area contributed by atoms with Crippen LogP contribution in [0.1, 0.15) is 42.1 Å². The Balaban J connectivity index is 1.93. The van der Waals surface area contributed by atoms with Gasteiger partial charge in [-0.2, -0.15) is 0 Å². The fraction of sp³-hybridized carbons (Fsp3) is 0.241. The first-order chi connectivity index (χ1) is 16.9. The van der Waals surface area contributed by atoms with Crippen molar-refractivity contribution in [2.75, 3.05) is 18.1 Å². The fourth-order valence-electron chi connectivity index (χ4n) is 4.38. The van der Waals surface area contributed by atoms with Crippen LogP contribution in [0.15, 0.2) is 72.3 Å². The summed E-state index contributed by atoms with van der Waals surface area (Å²) in [6, 6.07) is 19.3. The minimum atomic E-state index is -0.802. The van der Waals surface area contributed by atoms with Gasteiger partial charge in [0.15, 0.2) is 11.5 Å². The van der Waals surface area contributed by atoms with Crippen molar-refractivity contribution < 1.29 is 24.2 Å². The zero-order valence-corrected chi connectivity index (χ0v) is 20.4. The second-order valence-corrected chi connectivity index (χ2v) is 8.40. The van der Waals surface area contributed by atoms with Crippen LogP contribution in [0.3, 0.4) is 0 Å². The molecule has 1 N–H and O–H groups in total. The van der Waals surface area contributed by atoms with Crippen LogP contribution < -0.4 is 14.4 Å². The number of carbonyl (C=O) groups is 2. The number of nitrogens with zero attached hydrogens (tertiary/aromatic N) is 1. The molecule has 6 nitrogen and oxygen atoms in total. The number of anilines is 1. The van der Waals surface area contributed by atoms with Crippen molar-refractivity contribution in [2.24, 2.45) is 0 Å². The minimum absolute atomic E-state index is 0.0572. The maximum atomic E-state index is 13.4. The Kier molecular flexibility index (Phi) is 6.92. The van der Waals surface area contributed by atoms with Gasteiger partial charge in [-0.25, -0.2) is 0 Å². The van der Waals surface area contributed by atoms with Crippen LogP contribution in [0.2, 0.25) is 0 Å². The highest BCUT2D eigenvalue weighted by molar-refractivity contribution is 6.51. The number of Topliss-reactive ketones (excluding diaryl/α,β-unsaturated/α-hetero) is 1. The summed E-state index contributed by atoms with van der Waals surface area (Å²) in [7, 11) is 0. The summed E-state index contributed by atoms with van der Waals surface area (Å²) < 4.78 is 11.4. The Labute approximate surface area is 205 Å². The molecule has 1 amide bonds. The summed E-state index contributed by atoms with van der Waals surface area (Å²) in [4.78, 5) is 28.2. The highest BCUT2D eigenvalue weighted by atomic mass is 16.5. The molecule has 6 heteroatoms. The fourth-order valence-corrected chi connectivity index (χ4v) is 4.38. The molecule has 180 valence electrons. The summed E-state index contributed by atoms with van der Waals surface area (Å²) >= 11 is 0. The van der Waals surface area contributed by atoms with Crippen LogP contribution in [0.25, 0.3) is 5.76 Å². The number of ether oxygens (including phenoxy) is 2. The van der Waals surface area contributed by atoms with Gasteiger partial charge in [0, 0.05) is 17.3 Å². The number of rotatable bonds is 7. The number of hydrogen-bond acceptors (Lipinski definition) is 5. The van der Waals surface area contributed by atoms with Crippen LogP contribution >= 0.6 is 0 Å². The molecule has 1 heterocycles. The lowest BCUT2D eigenvalue weighted by molar-refractivity contribution is -0.132. The molecule has 35 heavy (non-hydrogen) atoms. The smallest absolute Gasteiger partial charge is 0.300 e.